The number of unbranched alkanes of at least 4 members (excludes halogenated alkanes) is 14. The Morgan fingerprint density at radius 1 is 0.689 bits per heavy atom. The molecule has 1 unspecified atom stereocenters. The Balaban J connectivity index is 2.27. The normalized spacial score (nSPS) is 14.1. The highest BCUT2D eigenvalue weighted by atomic mass is 31.2. The molecule has 0 radical (unpaired) electrons. The van der Waals surface area contributed by atoms with Crippen LogP contribution in [0, 0.1) is 13.8 Å². The quantitative estimate of drug-likeness (QED) is 0.0189. The molecular weight excluding hydrogens is 794 g/mol. The molecule has 1 heterocycles. The number of rotatable bonds is 40. The van der Waals surface area contributed by atoms with E-state index in [1.165, 1.54) is 80.4 Å². The van der Waals surface area contributed by atoms with Gasteiger partial charge in [0.2, 0.25) is 0 Å². The predicted octanol–water partition coefficient (Wildman–Crippen LogP) is 12.1. The lowest BCUT2D eigenvalue weighted by atomic mass is 10.0. The van der Waals surface area contributed by atoms with Crippen molar-refractivity contribution in [3.8, 4) is 0 Å². The van der Waals surface area contributed by atoms with Gasteiger partial charge in [-0.1, -0.05) is 146 Å². The summed E-state index contributed by atoms with van der Waals surface area (Å²) in [4.78, 5) is 35.0. The number of phosphoric ester groups is 1. The third-order valence-corrected chi connectivity index (χ3v) is 11.5. The highest BCUT2D eigenvalue weighted by Crippen LogP contribution is 2.43. The molecular formula is C49H84NO10P. The number of esters is 2. The Hall–Kier alpha value is -2.79. The molecule has 0 aliphatic heterocycles. The summed E-state index contributed by atoms with van der Waals surface area (Å²) in [6.45, 7) is 7.86. The van der Waals surface area contributed by atoms with Crippen molar-refractivity contribution in [2.45, 2.75) is 200 Å². The van der Waals surface area contributed by atoms with Crippen molar-refractivity contribution in [1.29, 1.82) is 0 Å². The maximum atomic E-state index is 12.6. The van der Waals surface area contributed by atoms with Gasteiger partial charge in [-0.05, 0) is 76.3 Å². The van der Waals surface area contributed by atoms with E-state index in [-0.39, 0.29) is 38.7 Å². The van der Waals surface area contributed by atoms with Crippen molar-refractivity contribution in [3.63, 3.8) is 0 Å². The molecule has 350 valence electrons. The van der Waals surface area contributed by atoms with Gasteiger partial charge in [-0.15, -0.1) is 0 Å². The first-order valence-electron chi connectivity index (χ1n) is 23.6. The molecule has 4 N–H and O–H groups in total. The summed E-state index contributed by atoms with van der Waals surface area (Å²) in [6.07, 6.45) is 38.6. The molecule has 0 aliphatic rings. The molecule has 12 heteroatoms. The third-order valence-electron chi connectivity index (χ3n) is 10.5. The zero-order valence-corrected chi connectivity index (χ0v) is 39.4. The van der Waals surface area contributed by atoms with Crippen LogP contribution in [0.5, 0.6) is 0 Å². The van der Waals surface area contributed by atoms with Crippen molar-refractivity contribution < 1.29 is 47.1 Å². The van der Waals surface area contributed by atoms with E-state index in [0.717, 1.165) is 70.6 Å². The van der Waals surface area contributed by atoms with E-state index in [0.29, 0.717) is 19.3 Å². The van der Waals surface area contributed by atoms with Crippen LogP contribution in [-0.2, 0) is 45.5 Å². The molecule has 0 amide bonds. The standard InChI is InChI=1S/C49H84NO10P/c1-5-7-26-32-44(51)33-28-22-18-14-10-9-11-17-21-25-31-37-49(53)59-45(41-58-61(54,55)57-39-38-50)40-56-48(52)36-30-24-20-16-13-12-15-19-23-29-35-47-43(4)42(3)46(60-47)34-27-8-6-2/h9-10,17-18,21-22,28,33,44-45,51H,5-8,11-16,19-20,23-27,29-32,34-41,50H2,1-4H3,(H,54,55)/b10-9-,21-17-,22-18-,33-28+/t44-,45+/m0/s1. The molecule has 11 nitrogen and oxygen atoms in total. The molecule has 1 aromatic heterocycles. The largest absolute Gasteiger partial charge is 0.472 e. The van der Waals surface area contributed by atoms with Crippen LogP contribution in [0.2, 0.25) is 0 Å². The third kappa shape index (κ3) is 31.7. The Morgan fingerprint density at radius 3 is 1.89 bits per heavy atom. The number of nitrogens with two attached hydrogens (primary N) is 1. The van der Waals surface area contributed by atoms with Crippen LogP contribution in [0.4, 0.5) is 0 Å². The summed E-state index contributed by atoms with van der Waals surface area (Å²) in [5.74, 6) is 1.43. The van der Waals surface area contributed by atoms with E-state index >= 15 is 0 Å². The number of phosphoric acid groups is 1. The minimum Gasteiger partial charge on any atom is -0.466 e. The van der Waals surface area contributed by atoms with Gasteiger partial charge in [0.05, 0.1) is 19.3 Å². The van der Waals surface area contributed by atoms with E-state index in [4.69, 9.17) is 28.7 Å². The fraction of sp³-hybridized carbons (Fsp3) is 0.714. The molecule has 1 aromatic rings. The molecule has 0 fully saturated rings. The highest BCUT2D eigenvalue weighted by Gasteiger charge is 2.26. The second-order valence-electron chi connectivity index (χ2n) is 16.1. The monoisotopic (exact) mass is 878 g/mol. The number of aliphatic hydroxyl groups excluding tert-OH is 1. The molecule has 0 spiro atoms. The number of allylic oxidation sites excluding steroid dienone is 7. The van der Waals surface area contributed by atoms with Gasteiger partial charge in [0.15, 0.2) is 6.10 Å². The summed E-state index contributed by atoms with van der Waals surface area (Å²) in [7, 11) is -4.42. The number of aliphatic hydroxyl groups is 1. The van der Waals surface area contributed by atoms with Gasteiger partial charge < -0.3 is 29.6 Å². The molecule has 0 bridgehead atoms. The molecule has 3 atom stereocenters. The number of ether oxygens (including phenoxy) is 2. The smallest absolute Gasteiger partial charge is 0.466 e. The second kappa shape index (κ2) is 37.7. The van der Waals surface area contributed by atoms with Crippen molar-refractivity contribution in [2.24, 2.45) is 5.73 Å². The first kappa shape index (κ1) is 56.2. The van der Waals surface area contributed by atoms with E-state index in [9.17, 15) is 24.2 Å². The average Bonchev–Trinajstić information content (AvgIpc) is 3.51. The average molecular weight is 878 g/mol. The van der Waals surface area contributed by atoms with Crippen LogP contribution >= 0.6 is 7.82 Å². The number of carbonyl (C=O) groups excluding carboxylic acids is 2. The van der Waals surface area contributed by atoms with Gasteiger partial charge >= 0.3 is 19.8 Å². The Kier molecular flexibility index (Phi) is 34.8. The lowest BCUT2D eigenvalue weighted by Gasteiger charge is -2.19. The zero-order valence-electron chi connectivity index (χ0n) is 38.5. The van der Waals surface area contributed by atoms with Gasteiger partial charge in [-0.3, -0.25) is 18.6 Å². The molecule has 0 saturated heterocycles. The van der Waals surface area contributed by atoms with Crippen LogP contribution in [-0.4, -0.2) is 60.5 Å². The lowest BCUT2D eigenvalue weighted by molar-refractivity contribution is -0.161. The van der Waals surface area contributed by atoms with Gasteiger partial charge in [0.1, 0.15) is 18.1 Å². The SMILES string of the molecule is CCCCCc1oc(CCCCCCCCCCCCC(=O)OC[C@H](COP(=O)(O)OCCN)OC(=O)CCC/C=C\C/C=C\C/C=C\C=C\[C@@H](O)CCCCC)c(C)c1C. The Bertz CT molecular complexity index is 1430. The molecule has 0 aliphatic carbocycles. The summed E-state index contributed by atoms with van der Waals surface area (Å²) in [5.41, 5.74) is 8.03. The number of furan rings is 1. The summed E-state index contributed by atoms with van der Waals surface area (Å²) in [6, 6.07) is 0. The van der Waals surface area contributed by atoms with E-state index < -0.39 is 32.5 Å². The number of hydrogen-bond acceptors (Lipinski definition) is 10. The van der Waals surface area contributed by atoms with E-state index in [1.54, 1.807) is 0 Å². The van der Waals surface area contributed by atoms with Crippen molar-refractivity contribution in [1.82, 2.24) is 0 Å². The van der Waals surface area contributed by atoms with Gasteiger partial charge in [0, 0.05) is 32.2 Å². The van der Waals surface area contributed by atoms with Crippen LogP contribution in [0.3, 0.4) is 0 Å². The summed E-state index contributed by atoms with van der Waals surface area (Å²) >= 11 is 0. The van der Waals surface area contributed by atoms with Crippen molar-refractivity contribution in [2.75, 3.05) is 26.4 Å². The summed E-state index contributed by atoms with van der Waals surface area (Å²) < 4.78 is 39.0. The van der Waals surface area contributed by atoms with Crippen molar-refractivity contribution in [3.05, 3.63) is 71.3 Å². The number of hydrogen-bond donors (Lipinski definition) is 3. The fourth-order valence-electron chi connectivity index (χ4n) is 6.68. The maximum Gasteiger partial charge on any atom is 0.472 e. The van der Waals surface area contributed by atoms with E-state index in [2.05, 4.69) is 39.8 Å². The Labute approximate surface area is 369 Å². The van der Waals surface area contributed by atoms with Gasteiger partial charge in [0.25, 0.3) is 0 Å². The van der Waals surface area contributed by atoms with Gasteiger partial charge in [-0.25, -0.2) is 4.57 Å². The number of carbonyl (C=O) groups is 2. The van der Waals surface area contributed by atoms with Crippen LogP contribution in [0.1, 0.15) is 184 Å². The first-order chi connectivity index (χ1) is 29.5. The van der Waals surface area contributed by atoms with Crippen LogP contribution in [0.15, 0.2) is 53.0 Å². The van der Waals surface area contributed by atoms with Crippen LogP contribution < -0.4 is 5.73 Å². The topological polar surface area (TPSA) is 168 Å². The highest BCUT2D eigenvalue weighted by molar-refractivity contribution is 7.47. The minimum absolute atomic E-state index is 0.0306. The lowest BCUT2D eigenvalue weighted by Crippen LogP contribution is -2.29. The first-order valence-corrected chi connectivity index (χ1v) is 25.1. The minimum atomic E-state index is -4.42. The second-order valence-corrected chi connectivity index (χ2v) is 17.5. The molecule has 0 aromatic carbocycles. The zero-order chi connectivity index (χ0) is 44.8. The van der Waals surface area contributed by atoms with Crippen LogP contribution in [0.25, 0.3) is 0 Å². The summed E-state index contributed by atoms with van der Waals surface area (Å²) in [5, 5.41) is 9.91. The predicted molar refractivity (Wildman–Crippen MR) is 247 cm³/mol. The fourth-order valence-corrected chi connectivity index (χ4v) is 7.45. The molecule has 61 heavy (non-hydrogen) atoms. The van der Waals surface area contributed by atoms with Gasteiger partial charge in [-0.2, -0.15) is 0 Å². The Morgan fingerprint density at radius 2 is 1.25 bits per heavy atom. The van der Waals surface area contributed by atoms with Crippen molar-refractivity contribution >= 4 is 19.8 Å². The molecule has 0 saturated carbocycles. The maximum absolute atomic E-state index is 12.6. The molecule has 1 rings (SSSR count). The van der Waals surface area contributed by atoms with E-state index in [1.807, 2.05) is 36.5 Å². The number of aryl methyl sites for hydroxylation is 2.